The molecule has 1 aliphatic heterocycles. The van der Waals surface area contributed by atoms with Crippen LogP contribution in [0.2, 0.25) is 0 Å². The van der Waals surface area contributed by atoms with Crippen molar-refractivity contribution >= 4 is 22.7 Å². The first-order valence-corrected chi connectivity index (χ1v) is 9.13. The number of benzene rings is 1. The summed E-state index contributed by atoms with van der Waals surface area (Å²) < 4.78 is 16.7. The molecule has 1 aliphatic rings. The van der Waals surface area contributed by atoms with Crippen LogP contribution in [-0.2, 0) is 11.3 Å². The second kappa shape index (κ2) is 7.85. The van der Waals surface area contributed by atoms with Gasteiger partial charge in [-0.15, -0.1) is 0 Å². The summed E-state index contributed by atoms with van der Waals surface area (Å²) in [7, 11) is 3.18. The number of nitrogen functional groups attached to an aromatic ring is 1. The van der Waals surface area contributed by atoms with E-state index in [0.717, 1.165) is 29.6 Å². The van der Waals surface area contributed by atoms with Gasteiger partial charge < -0.3 is 24.8 Å². The Morgan fingerprint density at radius 2 is 1.96 bits per heavy atom. The van der Waals surface area contributed by atoms with Crippen LogP contribution in [0.3, 0.4) is 0 Å². The number of rotatable bonds is 6. The lowest BCUT2D eigenvalue weighted by Gasteiger charge is -2.18. The number of aromatic nitrogens is 3. The lowest BCUT2D eigenvalue weighted by atomic mass is 10.2. The first-order chi connectivity index (χ1) is 13.7. The zero-order chi connectivity index (χ0) is 19.5. The molecule has 1 unspecified atom stereocenters. The van der Waals surface area contributed by atoms with E-state index in [4.69, 9.17) is 19.9 Å². The zero-order valence-corrected chi connectivity index (χ0v) is 16.0. The minimum atomic E-state index is 0.105. The molecule has 0 saturated carbocycles. The summed E-state index contributed by atoms with van der Waals surface area (Å²) in [4.78, 5) is 15.6. The molecule has 2 aromatic heterocycles. The molecule has 28 heavy (non-hydrogen) atoms. The Morgan fingerprint density at radius 3 is 2.71 bits per heavy atom. The zero-order valence-electron chi connectivity index (χ0n) is 16.0. The molecule has 1 fully saturated rings. The van der Waals surface area contributed by atoms with E-state index in [2.05, 4.69) is 19.9 Å². The van der Waals surface area contributed by atoms with Gasteiger partial charge in [-0.1, -0.05) is 6.07 Å². The van der Waals surface area contributed by atoms with Gasteiger partial charge in [0, 0.05) is 30.7 Å². The SMILES string of the molecule is COc1cc2nc(N3CCC(OCc4ccccn4)C3)nc(N)c2cc1OC. The summed E-state index contributed by atoms with van der Waals surface area (Å²) >= 11 is 0. The molecular formula is C20H23N5O3. The third-order valence-corrected chi connectivity index (χ3v) is 4.84. The predicted molar refractivity (Wildman–Crippen MR) is 107 cm³/mol. The van der Waals surface area contributed by atoms with E-state index in [1.807, 2.05) is 24.3 Å². The maximum atomic E-state index is 6.20. The molecule has 0 aliphatic carbocycles. The van der Waals surface area contributed by atoms with Crippen molar-refractivity contribution < 1.29 is 14.2 Å². The van der Waals surface area contributed by atoms with Gasteiger partial charge in [-0.2, -0.15) is 4.98 Å². The molecule has 0 radical (unpaired) electrons. The van der Waals surface area contributed by atoms with Gasteiger partial charge in [-0.05, 0) is 24.6 Å². The van der Waals surface area contributed by atoms with Gasteiger partial charge in [-0.3, -0.25) is 4.98 Å². The van der Waals surface area contributed by atoms with E-state index in [1.54, 1.807) is 26.5 Å². The minimum absolute atomic E-state index is 0.105. The quantitative estimate of drug-likeness (QED) is 0.695. The van der Waals surface area contributed by atoms with E-state index in [-0.39, 0.29) is 6.10 Å². The molecule has 3 aromatic rings. The Morgan fingerprint density at radius 1 is 1.14 bits per heavy atom. The van der Waals surface area contributed by atoms with E-state index >= 15 is 0 Å². The van der Waals surface area contributed by atoms with Crippen LogP contribution in [0.15, 0.2) is 36.5 Å². The van der Waals surface area contributed by atoms with Crippen LogP contribution in [-0.4, -0.2) is 48.4 Å². The third kappa shape index (κ3) is 3.63. The predicted octanol–water partition coefficient (Wildman–Crippen LogP) is 2.42. The van der Waals surface area contributed by atoms with Crippen LogP contribution in [0.4, 0.5) is 11.8 Å². The average Bonchev–Trinajstić information content (AvgIpc) is 3.21. The minimum Gasteiger partial charge on any atom is -0.493 e. The summed E-state index contributed by atoms with van der Waals surface area (Å²) in [6.07, 6.45) is 2.78. The van der Waals surface area contributed by atoms with Gasteiger partial charge in [0.25, 0.3) is 0 Å². The second-order valence-corrected chi connectivity index (χ2v) is 6.62. The van der Waals surface area contributed by atoms with Crippen LogP contribution in [0.5, 0.6) is 11.5 Å². The maximum Gasteiger partial charge on any atom is 0.227 e. The summed E-state index contributed by atoms with van der Waals surface area (Å²) in [5.41, 5.74) is 7.84. The first-order valence-electron chi connectivity index (χ1n) is 9.13. The molecule has 2 N–H and O–H groups in total. The Bertz CT molecular complexity index is 967. The lowest BCUT2D eigenvalue weighted by Crippen LogP contribution is -2.25. The van der Waals surface area contributed by atoms with E-state index < -0.39 is 0 Å². The van der Waals surface area contributed by atoms with Gasteiger partial charge in [0.1, 0.15) is 5.82 Å². The average molecular weight is 381 g/mol. The number of hydrogen-bond donors (Lipinski definition) is 1. The lowest BCUT2D eigenvalue weighted by molar-refractivity contribution is 0.0533. The molecule has 1 aromatic carbocycles. The van der Waals surface area contributed by atoms with Crippen molar-refractivity contribution in [1.82, 2.24) is 15.0 Å². The fourth-order valence-corrected chi connectivity index (χ4v) is 3.34. The van der Waals surface area contributed by atoms with E-state index in [0.29, 0.717) is 36.4 Å². The molecule has 3 heterocycles. The molecule has 0 bridgehead atoms. The van der Waals surface area contributed by atoms with Gasteiger partial charge >= 0.3 is 0 Å². The molecule has 8 heteroatoms. The summed E-state index contributed by atoms with van der Waals surface area (Å²) in [6, 6.07) is 9.44. The normalized spacial score (nSPS) is 16.5. The molecule has 0 amide bonds. The maximum absolute atomic E-state index is 6.20. The van der Waals surface area contributed by atoms with Crippen LogP contribution >= 0.6 is 0 Å². The number of anilines is 2. The highest BCUT2D eigenvalue weighted by Crippen LogP contribution is 2.34. The van der Waals surface area contributed by atoms with Crippen LogP contribution in [0, 0.1) is 0 Å². The number of nitrogens with two attached hydrogens (primary N) is 1. The summed E-state index contributed by atoms with van der Waals surface area (Å²) in [6.45, 7) is 2.02. The third-order valence-electron chi connectivity index (χ3n) is 4.84. The van der Waals surface area contributed by atoms with Crippen LogP contribution in [0.25, 0.3) is 10.9 Å². The molecule has 4 rings (SSSR count). The van der Waals surface area contributed by atoms with Crippen LogP contribution in [0.1, 0.15) is 12.1 Å². The fourth-order valence-electron chi connectivity index (χ4n) is 3.34. The number of fused-ring (bicyclic) bond motifs is 1. The monoisotopic (exact) mass is 381 g/mol. The topological polar surface area (TPSA) is 95.6 Å². The van der Waals surface area contributed by atoms with Crippen molar-refractivity contribution in [3.8, 4) is 11.5 Å². The standard InChI is InChI=1S/C20H23N5O3/c1-26-17-9-15-16(10-18(17)27-2)23-20(24-19(15)21)25-8-6-14(11-25)28-12-13-5-3-4-7-22-13/h3-5,7,9-10,14H,6,8,11-12H2,1-2H3,(H2,21,23,24). The largest absolute Gasteiger partial charge is 0.493 e. The Kier molecular flexibility index (Phi) is 5.12. The van der Waals surface area contributed by atoms with E-state index in [1.165, 1.54) is 0 Å². The number of hydrogen-bond acceptors (Lipinski definition) is 8. The molecule has 8 nitrogen and oxygen atoms in total. The molecular weight excluding hydrogens is 358 g/mol. The van der Waals surface area contributed by atoms with Gasteiger partial charge in [-0.25, -0.2) is 4.98 Å². The first kappa shape index (κ1) is 18.2. The Labute approximate surface area is 163 Å². The van der Waals surface area contributed by atoms with Crippen molar-refractivity contribution in [3.63, 3.8) is 0 Å². The molecule has 1 atom stereocenters. The summed E-state index contributed by atoms with van der Waals surface area (Å²) in [5.74, 6) is 2.22. The highest BCUT2D eigenvalue weighted by molar-refractivity contribution is 5.91. The molecule has 1 saturated heterocycles. The molecule has 146 valence electrons. The number of nitrogens with zero attached hydrogens (tertiary/aromatic N) is 4. The van der Waals surface area contributed by atoms with Gasteiger partial charge in [0.15, 0.2) is 11.5 Å². The van der Waals surface area contributed by atoms with Crippen molar-refractivity contribution in [2.24, 2.45) is 0 Å². The van der Waals surface area contributed by atoms with Crippen LogP contribution < -0.4 is 20.1 Å². The number of ether oxygens (including phenoxy) is 3. The Hall–Kier alpha value is -3.13. The fraction of sp³-hybridized carbons (Fsp3) is 0.350. The number of methoxy groups -OCH3 is 2. The molecule has 0 spiro atoms. The highest BCUT2D eigenvalue weighted by atomic mass is 16.5. The van der Waals surface area contributed by atoms with E-state index in [9.17, 15) is 0 Å². The van der Waals surface area contributed by atoms with Crippen molar-refractivity contribution in [2.45, 2.75) is 19.1 Å². The van der Waals surface area contributed by atoms with Crippen molar-refractivity contribution in [2.75, 3.05) is 37.9 Å². The smallest absolute Gasteiger partial charge is 0.227 e. The Balaban J connectivity index is 1.51. The summed E-state index contributed by atoms with van der Waals surface area (Å²) in [5, 5.41) is 0.739. The number of pyridine rings is 1. The van der Waals surface area contributed by atoms with Crippen molar-refractivity contribution in [1.29, 1.82) is 0 Å². The second-order valence-electron chi connectivity index (χ2n) is 6.62. The van der Waals surface area contributed by atoms with Gasteiger partial charge in [0.2, 0.25) is 5.95 Å². The van der Waals surface area contributed by atoms with Gasteiger partial charge in [0.05, 0.1) is 38.1 Å². The van der Waals surface area contributed by atoms with Crippen molar-refractivity contribution in [3.05, 3.63) is 42.2 Å². The highest BCUT2D eigenvalue weighted by Gasteiger charge is 2.26.